The second-order valence-electron chi connectivity index (χ2n) is 8.49. The minimum atomic E-state index is 0.127. The SMILES string of the molecule is CN=C(NCCCN1CCC(C)CC1)NCC1(c2ccccc2)CCOCC1. The molecule has 2 aliphatic heterocycles. The van der Waals surface area contributed by atoms with Crippen molar-refractivity contribution >= 4 is 5.96 Å². The summed E-state index contributed by atoms with van der Waals surface area (Å²) in [4.78, 5) is 7.04. The summed E-state index contributed by atoms with van der Waals surface area (Å²) in [6.45, 7) is 9.59. The van der Waals surface area contributed by atoms with Gasteiger partial charge in [0.15, 0.2) is 5.96 Å². The van der Waals surface area contributed by atoms with E-state index in [1.54, 1.807) is 0 Å². The Bertz CT molecular complexity index is 590. The van der Waals surface area contributed by atoms with Crippen LogP contribution in [0.5, 0.6) is 0 Å². The summed E-state index contributed by atoms with van der Waals surface area (Å²) >= 11 is 0. The molecule has 0 spiro atoms. The number of hydrogen-bond acceptors (Lipinski definition) is 3. The molecule has 1 aromatic carbocycles. The zero-order valence-corrected chi connectivity index (χ0v) is 17.8. The Morgan fingerprint density at radius 1 is 1.14 bits per heavy atom. The number of nitrogens with zero attached hydrogens (tertiary/aromatic N) is 2. The average molecular weight is 387 g/mol. The van der Waals surface area contributed by atoms with Crippen LogP contribution in [0.1, 0.15) is 44.6 Å². The van der Waals surface area contributed by atoms with Gasteiger partial charge in [-0.3, -0.25) is 4.99 Å². The van der Waals surface area contributed by atoms with Crippen molar-refractivity contribution in [2.75, 3.05) is 53.0 Å². The van der Waals surface area contributed by atoms with Gasteiger partial charge in [-0.15, -0.1) is 0 Å². The standard InChI is InChI=1S/C23H38N4O/c1-20-9-15-27(16-10-20)14-6-13-25-22(24-2)26-19-23(11-17-28-18-12-23)21-7-4-3-5-8-21/h3-5,7-8,20H,6,9-19H2,1-2H3,(H2,24,25,26). The molecular weight excluding hydrogens is 348 g/mol. The van der Waals surface area contributed by atoms with Crippen molar-refractivity contribution in [2.24, 2.45) is 10.9 Å². The summed E-state index contributed by atoms with van der Waals surface area (Å²) < 4.78 is 5.64. The molecule has 156 valence electrons. The van der Waals surface area contributed by atoms with Gasteiger partial charge in [0.05, 0.1) is 0 Å². The van der Waals surface area contributed by atoms with Crippen LogP contribution in [0.15, 0.2) is 35.3 Å². The number of rotatable bonds is 7. The molecule has 0 radical (unpaired) electrons. The number of benzene rings is 1. The number of nitrogens with one attached hydrogen (secondary N) is 2. The van der Waals surface area contributed by atoms with Gasteiger partial charge in [0.1, 0.15) is 0 Å². The van der Waals surface area contributed by atoms with Gasteiger partial charge >= 0.3 is 0 Å². The first-order chi connectivity index (χ1) is 13.7. The lowest BCUT2D eigenvalue weighted by atomic mass is 9.74. The van der Waals surface area contributed by atoms with E-state index in [9.17, 15) is 0 Å². The second kappa shape index (κ2) is 10.8. The zero-order valence-electron chi connectivity index (χ0n) is 17.8. The normalized spacial score (nSPS) is 21.4. The first-order valence-electron chi connectivity index (χ1n) is 11.0. The van der Waals surface area contributed by atoms with Crippen LogP contribution < -0.4 is 10.6 Å². The Kier molecular flexibility index (Phi) is 8.16. The average Bonchev–Trinajstić information content (AvgIpc) is 2.76. The summed E-state index contributed by atoms with van der Waals surface area (Å²) in [5.41, 5.74) is 1.53. The smallest absolute Gasteiger partial charge is 0.191 e. The summed E-state index contributed by atoms with van der Waals surface area (Å²) in [6.07, 6.45) is 5.96. The monoisotopic (exact) mass is 386 g/mol. The van der Waals surface area contributed by atoms with Gasteiger partial charge in [0, 0.05) is 38.8 Å². The van der Waals surface area contributed by atoms with Crippen molar-refractivity contribution in [2.45, 2.75) is 44.4 Å². The molecule has 3 rings (SSSR count). The van der Waals surface area contributed by atoms with E-state index in [0.717, 1.165) is 57.4 Å². The van der Waals surface area contributed by atoms with Gasteiger partial charge in [0.25, 0.3) is 0 Å². The highest BCUT2D eigenvalue weighted by atomic mass is 16.5. The first-order valence-corrected chi connectivity index (χ1v) is 11.0. The Labute approximate surface area is 170 Å². The van der Waals surface area contributed by atoms with Crippen LogP contribution in [0.3, 0.4) is 0 Å². The van der Waals surface area contributed by atoms with E-state index in [-0.39, 0.29) is 5.41 Å². The molecular formula is C23H38N4O. The predicted octanol–water partition coefficient (Wildman–Crippen LogP) is 3.02. The highest BCUT2D eigenvalue weighted by molar-refractivity contribution is 5.79. The molecule has 2 aliphatic rings. The molecule has 0 bridgehead atoms. The van der Waals surface area contributed by atoms with E-state index in [0.29, 0.717) is 0 Å². The molecule has 28 heavy (non-hydrogen) atoms. The molecule has 2 saturated heterocycles. The minimum absolute atomic E-state index is 0.127. The zero-order chi connectivity index (χ0) is 19.7. The van der Waals surface area contributed by atoms with Crippen molar-refractivity contribution in [3.05, 3.63) is 35.9 Å². The van der Waals surface area contributed by atoms with Crippen LogP contribution in [0.4, 0.5) is 0 Å². The van der Waals surface area contributed by atoms with Crippen molar-refractivity contribution in [1.82, 2.24) is 15.5 Å². The summed E-state index contributed by atoms with van der Waals surface area (Å²) in [5.74, 6) is 1.81. The second-order valence-corrected chi connectivity index (χ2v) is 8.49. The summed E-state index contributed by atoms with van der Waals surface area (Å²) in [7, 11) is 1.86. The fourth-order valence-electron chi connectivity index (χ4n) is 4.39. The Morgan fingerprint density at radius 2 is 1.86 bits per heavy atom. The third kappa shape index (κ3) is 5.95. The van der Waals surface area contributed by atoms with Gasteiger partial charge in [-0.05, 0) is 63.2 Å². The molecule has 0 aromatic heterocycles. The Hall–Kier alpha value is -1.59. The molecule has 2 heterocycles. The molecule has 0 saturated carbocycles. The van der Waals surface area contributed by atoms with Crippen LogP contribution in [0.25, 0.3) is 0 Å². The fraction of sp³-hybridized carbons (Fsp3) is 0.696. The van der Waals surface area contributed by atoms with Crippen LogP contribution in [-0.4, -0.2) is 63.8 Å². The topological polar surface area (TPSA) is 48.9 Å². The molecule has 5 nitrogen and oxygen atoms in total. The predicted molar refractivity (Wildman–Crippen MR) is 117 cm³/mol. The van der Waals surface area contributed by atoms with E-state index < -0.39 is 0 Å². The maximum atomic E-state index is 5.64. The fourth-order valence-corrected chi connectivity index (χ4v) is 4.39. The molecule has 0 amide bonds. The number of hydrogen-bond donors (Lipinski definition) is 2. The Balaban J connectivity index is 1.44. The number of ether oxygens (including phenoxy) is 1. The van der Waals surface area contributed by atoms with E-state index in [4.69, 9.17) is 4.74 Å². The lowest BCUT2D eigenvalue weighted by molar-refractivity contribution is 0.0514. The van der Waals surface area contributed by atoms with Crippen LogP contribution in [0, 0.1) is 5.92 Å². The van der Waals surface area contributed by atoms with Crippen LogP contribution >= 0.6 is 0 Å². The molecule has 2 fully saturated rings. The molecule has 5 heteroatoms. The highest BCUT2D eigenvalue weighted by Gasteiger charge is 2.34. The molecule has 1 aromatic rings. The van der Waals surface area contributed by atoms with Crippen molar-refractivity contribution in [3.63, 3.8) is 0 Å². The van der Waals surface area contributed by atoms with E-state index >= 15 is 0 Å². The van der Waals surface area contributed by atoms with Gasteiger partial charge in [-0.2, -0.15) is 0 Å². The van der Waals surface area contributed by atoms with E-state index in [1.165, 1.54) is 38.0 Å². The lowest BCUT2D eigenvalue weighted by Gasteiger charge is -2.38. The molecule has 0 unspecified atom stereocenters. The molecule has 0 atom stereocenters. The third-order valence-electron chi connectivity index (χ3n) is 6.47. The van der Waals surface area contributed by atoms with Gasteiger partial charge in [0.2, 0.25) is 0 Å². The van der Waals surface area contributed by atoms with Crippen molar-refractivity contribution < 1.29 is 4.74 Å². The number of piperidine rings is 1. The summed E-state index contributed by atoms with van der Waals surface area (Å²) in [5, 5.41) is 7.10. The van der Waals surface area contributed by atoms with E-state index in [2.05, 4.69) is 57.8 Å². The third-order valence-corrected chi connectivity index (χ3v) is 6.47. The van der Waals surface area contributed by atoms with Gasteiger partial charge < -0.3 is 20.3 Å². The number of guanidine groups is 1. The first kappa shape index (κ1) is 21.1. The number of likely N-dealkylation sites (tertiary alicyclic amines) is 1. The van der Waals surface area contributed by atoms with Crippen LogP contribution in [-0.2, 0) is 10.2 Å². The number of aliphatic imine (C=N–C) groups is 1. The molecule has 0 aliphatic carbocycles. The highest BCUT2D eigenvalue weighted by Crippen LogP contribution is 2.34. The lowest BCUT2D eigenvalue weighted by Crippen LogP contribution is -2.48. The molecule has 2 N–H and O–H groups in total. The van der Waals surface area contributed by atoms with Gasteiger partial charge in [-0.1, -0.05) is 37.3 Å². The minimum Gasteiger partial charge on any atom is -0.381 e. The maximum absolute atomic E-state index is 5.64. The van der Waals surface area contributed by atoms with Crippen LogP contribution in [0.2, 0.25) is 0 Å². The maximum Gasteiger partial charge on any atom is 0.191 e. The van der Waals surface area contributed by atoms with Crippen molar-refractivity contribution in [3.8, 4) is 0 Å². The largest absolute Gasteiger partial charge is 0.381 e. The van der Waals surface area contributed by atoms with E-state index in [1.807, 2.05) is 7.05 Å². The summed E-state index contributed by atoms with van der Waals surface area (Å²) in [6, 6.07) is 10.9. The quantitative estimate of drug-likeness (QED) is 0.430. The van der Waals surface area contributed by atoms with Gasteiger partial charge in [-0.25, -0.2) is 0 Å². The van der Waals surface area contributed by atoms with Crippen molar-refractivity contribution in [1.29, 1.82) is 0 Å². The Morgan fingerprint density at radius 3 is 2.54 bits per heavy atom.